The van der Waals surface area contributed by atoms with Gasteiger partial charge in [-0.2, -0.15) is 0 Å². The number of ketones is 2. The Balaban J connectivity index is 1.73. The molecule has 0 aromatic heterocycles. The largest absolute Gasteiger partial charge is 0.393 e. The number of hydrogen-bond acceptors (Lipinski definition) is 3. The third-order valence-corrected chi connectivity index (χ3v) is 7.92. The summed E-state index contributed by atoms with van der Waals surface area (Å²) in [5, 5.41) is 10.0. The predicted molar refractivity (Wildman–Crippen MR) is 92.2 cm³/mol. The molecule has 2 fully saturated rings. The number of carbonyl (C=O) groups excluding carboxylic acids is 2. The fourth-order valence-corrected chi connectivity index (χ4v) is 6.47. The summed E-state index contributed by atoms with van der Waals surface area (Å²) in [6, 6.07) is 0. The molecule has 0 heterocycles. The van der Waals surface area contributed by atoms with Crippen LogP contribution in [0, 0.1) is 28.6 Å². The summed E-state index contributed by atoms with van der Waals surface area (Å²) in [7, 11) is 0. The van der Waals surface area contributed by atoms with Gasteiger partial charge in [-0.1, -0.05) is 24.6 Å². The average molecular weight is 328 g/mol. The van der Waals surface area contributed by atoms with Gasteiger partial charge in [0.05, 0.1) is 11.5 Å². The van der Waals surface area contributed by atoms with E-state index in [0.717, 1.165) is 37.7 Å². The Morgan fingerprint density at radius 1 is 1.17 bits per heavy atom. The maximum absolute atomic E-state index is 13.2. The lowest BCUT2D eigenvalue weighted by Crippen LogP contribution is -2.54. The molecule has 4 rings (SSSR count). The first-order valence-electron chi connectivity index (χ1n) is 9.41. The van der Waals surface area contributed by atoms with Gasteiger partial charge in [-0.3, -0.25) is 9.59 Å². The van der Waals surface area contributed by atoms with Gasteiger partial charge in [0.2, 0.25) is 0 Å². The molecule has 0 aromatic carbocycles. The minimum Gasteiger partial charge on any atom is -0.393 e. The number of allylic oxidation sites excluding steroid dienone is 3. The van der Waals surface area contributed by atoms with Crippen molar-refractivity contribution in [3.05, 3.63) is 23.3 Å². The van der Waals surface area contributed by atoms with Crippen molar-refractivity contribution in [3.8, 4) is 0 Å². The number of Topliss-reactive ketones (excluding diaryl/α,β-unsaturated/α-hetero) is 2. The number of aliphatic hydroxyl groups excluding tert-OH is 1. The van der Waals surface area contributed by atoms with Gasteiger partial charge < -0.3 is 5.11 Å². The maximum Gasteiger partial charge on any atom is 0.156 e. The highest BCUT2D eigenvalue weighted by Gasteiger charge is 2.60. The molecule has 0 unspecified atom stereocenters. The standard InChI is InChI=1S/C21H28O3/c1-12(22)16-6-7-17-15-5-4-13-10-14(23)8-9-20(13,2)18(15)11-19(24)21(16,17)3/h4,6,14-15,17-18,23H,5,7-11H2,1-3H3/t14-,15+,17+,18+,20+,21-/m1/s1. The molecule has 24 heavy (non-hydrogen) atoms. The van der Waals surface area contributed by atoms with E-state index >= 15 is 0 Å². The Morgan fingerprint density at radius 3 is 2.62 bits per heavy atom. The lowest BCUT2D eigenvalue weighted by atomic mass is 9.47. The van der Waals surface area contributed by atoms with Gasteiger partial charge >= 0.3 is 0 Å². The second-order valence-electron chi connectivity index (χ2n) is 8.90. The maximum atomic E-state index is 13.2. The smallest absolute Gasteiger partial charge is 0.156 e. The van der Waals surface area contributed by atoms with Crippen molar-refractivity contribution >= 4 is 11.6 Å². The summed E-state index contributed by atoms with van der Waals surface area (Å²) in [5.74, 6) is 1.44. The van der Waals surface area contributed by atoms with Gasteiger partial charge in [0, 0.05) is 12.0 Å². The Hall–Kier alpha value is -1.22. The van der Waals surface area contributed by atoms with Crippen LogP contribution < -0.4 is 0 Å². The number of aliphatic hydroxyl groups is 1. The van der Waals surface area contributed by atoms with Crippen molar-refractivity contribution < 1.29 is 14.7 Å². The molecule has 0 aromatic rings. The van der Waals surface area contributed by atoms with Crippen molar-refractivity contribution in [2.24, 2.45) is 28.6 Å². The third-order valence-electron chi connectivity index (χ3n) is 7.92. The van der Waals surface area contributed by atoms with Crippen molar-refractivity contribution in [3.63, 3.8) is 0 Å². The third kappa shape index (κ3) is 1.94. The molecule has 130 valence electrons. The summed E-state index contributed by atoms with van der Waals surface area (Å²) in [6.07, 6.45) is 9.21. The van der Waals surface area contributed by atoms with Crippen LogP contribution in [0.5, 0.6) is 0 Å². The first-order valence-corrected chi connectivity index (χ1v) is 9.41. The second-order valence-corrected chi connectivity index (χ2v) is 8.90. The van der Waals surface area contributed by atoms with E-state index in [0.29, 0.717) is 18.3 Å². The minimum atomic E-state index is -0.567. The molecule has 0 radical (unpaired) electrons. The van der Waals surface area contributed by atoms with Crippen LogP contribution in [0.3, 0.4) is 0 Å². The molecule has 0 bridgehead atoms. The van der Waals surface area contributed by atoms with Crippen LogP contribution in [0.15, 0.2) is 23.3 Å². The van der Waals surface area contributed by atoms with E-state index in [-0.39, 0.29) is 29.0 Å². The van der Waals surface area contributed by atoms with Crippen LogP contribution in [0.1, 0.15) is 59.3 Å². The first kappa shape index (κ1) is 16.3. The quantitative estimate of drug-likeness (QED) is 0.748. The van der Waals surface area contributed by atoms with Crippen LogP contribution in [0.25, 0.3) is 0 Å². The molecule has 0 spiro atoms. The highest BCUT2D eigenvalue weighted by Crippen LogP contribution is 2.63. The predicted octanol–water partition coefficient (Wildman–Crippen LogP) is 3.61. The topological polar surface area (TPSA) is 54.4 Å². The zero-order valence-electron chi connectivity index (χ0n) is 15.0. The highest BCUT2D eigenvalue weighted by molar-refractivity contribution is 6.04. The lowest BCUT2D eigenvalue weighted by molar-refractivity contribution is -0.142. The lowest BCUT2D eigenvalue weighted by Gasteiger charge is -2.56. The number of hydrogen-bond donors (Lipinski definition) is 1. The fourth-order valence-electron chi connectivity index (χ4n) is 6.47. The van der Waals surface area contributed by atoms with Crippen molar-refractivity contribution in [1.82, 2.24) is 0 Å². The Morgan fingerprint density at radius 2 is 1.92 bits per heavy atom. The van der Waals surface area contributed by atoms with Gasteiger partial charge in [-0.05, 0) is 69.1 Å². The molecule has 6 atom stereocenters. The zero-order valence-corrected chi connectivity index (χ0v) is 15.0. The van der Waals surface area contributed by atoms with E-state index < -0.39 is 5.41 Å². The molecule has 0 amide bonds. The molecule has 1 N–H and O–H groups in total. The van der Waals surface area contributed by atoms with E-state index in [1.165, 1.54) is 5.57 Å². The van der Waals surface area contributed by atoms with Gasteiger partial charge in [-0.25, -0.2) is 0 Å². The van der Waals surface area contributed by atoms with E-state index in [1.54, 1.807) is 6.92 Å². The molecule has 3 heteroatoms. The van der Waals surface area contributed by atoms with E-state index in [1.807, 2.05) is 13.0 Å². The van der Waals surface area contributed by atoms with Crippen molar-refractivity contribution in [2.45, 2.75) is 65.4 Å². The van der Waals surface area contributed by atoms with Crippen LogP contribution in [0.4, 0.5) is 0 Å². The Bertz CT molecular complexity index is 673. The van der Waals surface area contributed by atoms with Gasteiger partial charge in [0.1, 0.15) is 5.78 Å². The van der Waals surface area contributed by atoms with Crippen molar-refractivity contribution in [2.75, 3.05) is 0 Å². The molecule has 4 aliphatic rings. The van der Waals surface area contributed by atoms with Crippen LogP contribution in [-0.2, 0) is 9.59 Å². The molecule has 3 nitrogen and oxygen atoms in total. The number of carbonyl (C=O) groups is 2. The molecule has 0 aliphatic heterocycles. The van der Waals surface area contributed by atoms with Crippen LogP contribution in [-0.4, -0.2) is 22.8 Å². The molecule has 2 saturated carbocycles. The zero-order chi connectivity index (χ0) is 17.3. The Kier molecular flexibility index (Phi) is 3.48. The number of fused-ring (bicyclic) bond motifs is 5. The highest BCUT2D eigenvalue weighted by atomic mass is 16.3. The summed E-state index contributed by atoms with van der Waals surface area (Å²) in [4.78, 5) is 25.3. The van der Waals surface area contributed by atoms with Crippen LogP contribution >= 0.6 is 0 Å². The van der Waals surface area contributed by atoms with E-state index in [9.17, 15) is 14.7 Å². The van der Waals surface area contributed by atoms with Crippen molar-refractivity contribution in [1.29, 1.82) is 0 Å². The summed E-state index contributed by atoms with van der Waals surface area (Å²) < 4.78 is 0. The van der Waals surface area contributed by atoms with Gasteiger partial charge in [0.25, 0.3) is 0 Å². The molecular weight excluding hydrogens is 300 g/mol. The summed E-state index contributed by atoms with van der Waals surface area (Å²) >= 11 is 0. The summed E-state index contributed by atoms with van der Waals surface area (Å²) in [6.45, 7) is 5.93. The average Bonchev–Trinajstić information content (AvgIpc) is 2.88. The molecule has 4 aliphatic carbocycles. The summed E-state index contributed by atoms with van der Waals surface area (Å²) in [5.41, 5.74) is 1.62. The Labute approximate surface area is 144 Å². The van der Waals surface area contributed by atoms with Crippen LogP contribution in [0.2, 0.25) is 0 Å². The van der Waals surface area contributed by atoms with Gasteiger partial charge in [-0.15, -0.1) is 0 Å². The molecular formula is C21H28O3. The SMILES string of the molecule is CC(=O)C1=CC[C@H]2[C@@H]3CC=C4C[C@H](O)CC[C@]4(C)[C@H]3CC(=O)[C@]12C. The first-order chi connectivity index (χ1) is 11.3. The minimum absolute atomic E-state index is 0.0537. The second kappa shape index (κ2) is 5.14. The molecule has 0 saturated heterocycles. The number of rotatable bonds is 1. The van der Waals surface area contributed by atoms with E-state index in [2.05, 4.69) is 13.0 Å². The fraction of sp³-hybridized carbons (Fsp3) is 0.714. The normalized spacial score (nSPS) is 47.2. The monoisotopic (exact) mass is 328 g/mol. The van der Waals surface area contributed by atoms with E-state index in [4.69, 9.17) is 0 Å². The van der Waals surface area contributed by atoms with Gasteiger partial charge in [0.15, 0.2) is 5.78 Å².